The molecular formula is C20H24N2O6. The minimum absolute atomic E-state index is 0.0359. The highest BCUT2D eigenvalue weighted by Gasteiger charge is 2.20. The Balaban J connectivity index is 2.36. The fraction of sp³-hybridized carbons (Fsp3) is 0.350. The molecule has 0 saturated heterocycles. The number of nitrogens with zero attached hydrogens (tertiary/aromatic N) is 1. The van der Waals surface area contributed by atoms with Gasteiger partial charge in [-0.1, -0.05) is 23.4 Å². The van der Waals surface area contributed by atoms with Gasteiger partial charge in [-0.05, 0) is 37.0 Å². The van der Waals surface area contributed by atoms with E-state index >= 15 is 0 Å². The third-order valence-electron chi connectivity index (χ3n) is 3.91. The maximum atomic E-state index is 12.4. The molecule has 2 rings (SSSR count). The SMILES string of the molecule is CNC(=O)CO/N=C1\C=C\CC/C=C/CCOC(=O)c2c(O)cc(O)cc2C1. The molecule has 0 atom stereocenters. The van der Waals surface area contributed by atoms with Crippen molar-refractivity contribution in [2.75, 3.05) is 20.3 Å². The average Bonchev–Trinajstić information content (AvgIpc) is 2.65. The van der Waals surface area contributed by atoms with E-state index in [1.807, 2.05) is 18.2 Å². The molecule has 3 N–H and O–H groups in total. The van der Waals surface area contributed by atoms with Crippen LogP contribution in [0.4, 0.5) is 0 Å². The van der Waals surface area contributed by atoms with Gasteiger partial charge in [-0.25, -0.2) is 4.79 Å². The van der Waals surface area contributed by atoms with Crippen LogP contribution in [0.25, 0.3) is 0 Å². The molecular weight excluding hydrogens is 364 g/mol. The topological polar surface area (TPSA) is 117 Å². The van der Waals surface area contributed by atoms with E-state index in [0.29, 0.717) is 17.7 Å². The second-order valence-corrected chi connectivity index (χ2v) is 6.08. The lowest BCUT2D eigenvalue weighted by atomic mass is 10.00. The molecule has 1 aromatic rings. The zero-order valence-corrected chi connectivity index (χ0v) is 15.7. The van der Waals surface area contributed by atoms with E-state index < -0.39 is 5.97 Å². The molecule has 0 fully saturated rings. The van der Waals surface area contributed by atoms with Gasteiger partial charge in [-0.3, -0.25) is 4.79 Å². The Morgan fingerprint density at radius 2 is 1.96 bits per heavy atom. The molecule has 0 radical (unpaired) electrons. The smallest absolute Gasteiger partial charge is 0.342 e. The van der Waals surface area contributed by atoms with E-state index in [4.69, 9.17) is 9.57 Å². The minimum Gasteiger partial charge on any atom is -0.508 e. The number of allylic oxidation sites excluding steroid dienone is 3. The van der Waals surface area contributed by atoms with E-state index in [2.05, 4.69) is 10.5 Å². The van der Waals surface area contributed by atoms with Crippen molar-refractivity contribution in [1.29, 1.82) is 0 Å². The molecule has 0 unspecified atom stereocenters. The van der Waals surface area contributed by atoms with Crippen molar-refractivity contribution >= 4 is 17.6 Å². The number of rotatable bonds is 3. The van der Waals surface area contributed by atoms with Gasteiger partial charge < -0.3 is 25.1 Å². The third kappa shape index (κ3) is 6.46. The molecule has 0 aliphatic carbocycles. The quantitative estimate of drug-likeness (QED) is 0.415. The number of phenols is 2. The summed E-state index contributed by atoms with van der Waals surface area (Å²) in [6.07, 6.45) is 9.78. The maximum Gasteiger partial charge on any atom is 0.342 e. The number of amides is 1. The highest BCUT2D eigenvalue weighted by atomic mass is 16.6. The molecule has 0 saturated carbocycles. The lowest BCUT2D eigenvalue weighted by molar-refractivity contribution is -0.125. The Bertz CT molecular complexity index is 798. The van der Waals surface area contributed by atoms with Crippen molar-refractivity contribution in [3.05, 3.63) is 47.6 Å². The molecule has 0 bridgehead atoms. The number of carbonyl (C=O) groups excluding carboxylic acids is 2. The number of cyclic esters (lactones) is 1. The van der Waals surface area contributed by atoms with Crippen molar-refractivity contribution in [2.24, 2.45) is 5.16 Å². The van der Waals surface area contributed by atoms with Gasteiger partial charge in [0.25, 0.3) is 5.91 Å². The van der Waals surface area contributed by atoms with Gasteiger partial charge >= 0.3 is 5.97 Å². The summed E-state index contributed by atoms with van der Waals surface area (Å²) in [6, 6.07) is 2.45. The summed E-state index contributed by atoms with van der Waals surface area (Å²) in [6.45, 7) is -0.0715. The number of oxime groups is 1. The number of fused-ring (bicyclic) bond motifs is 1. The first kappa shape index (κ1) is 21.0. The first-order valence-corrected chi connectivity index (χ1v) is 8.94. The van der Waals surface area contributed by atoms with Crippen molar-refractivity contribution in [2.45, 2.75) is 25.7 Å². The molecule has 8 heteroatoms. The number of aromatic hydroxyl groups is 2. The molecule has 1 aromatic carbocycles. The summed E-state index contributed by atoms with van der Waals surface area (Å²) < 4.78 is 5.22. The fourth-order valence-electron chi connectivity index (χ4n) is 2.55. The maximum absolute atomic E-state index is 12.4. The molecule has 8 nitrogen and oxygen atoms in total. The predicted octanol–water partition coefficient (Wildman–Crippen LogP) is 2.21. The van der Waals surface area contributed by atoms with E-state index in [0.717, 1.165) is 18.9 Å². The first-order valence-electron chi connectivity index (χ1n) is 8.94. The summed E-state index contributed by atoms with van der Waals surface area (Å²) in [5.74, 6) is -1.59. The van der Waals surface area contributed by atoms with Crippen LogP contribution in [0.5, 0.6) is 11.5 Å². The molecule has 0 aromatic heterocycles. The Morgan fingerprint density at radius 3 is 2.75 bits per heavy atom. The van der Waals surface area contributed by atoms with Crippen molar-refractivity contribution in [3.63, 3.8) is 0 Å². The summed E-state index contributed by atoms with van der Waals surface area (Å²) >= 11 is 0. The van der Waals surface area contributed by atoms with Crippen molar-refractivity contribution in [1.82, 2.24) is 5.32 Å². The number of hydrogen-bond acceptors (Lipinski definition) is 7. The van der Waals surface area contributed by atoms with Gasteiger partial charge in [0.1, 0.15) is 17.1 Å². The van der Waals surface area contributed by atoms with Crippen LogP contribution in [0.2, 0.25) is 0 Å². The van der Waals surface area contributed by atoms with Crippen LogP contribution in [0.1, 0.15) is 35.2 Å². The van der Waals surface area contributed by atoms with E-state index in [1.54, 1.807) is 6.08 Å². The molecule has 1 aliphatic heterocycles. The van der Waals surface area contributed by atoms with Gasteiger partial charge in [0, 0.05) is 19.5 Å². The van der Waals surface area contributed by atoms with E-state index in [1.165, 1.54) is 13.1 Å². The Kier molecular flexibility index (Phi) is 8.08. The summed E-state index contributed by atoms with van der Waals surface area (Å²) in [5, 5.41) is 26.4. The fourth-order valence-corrected chi connectivity index (χ4v) is 2.55. The zero-order valence-electron chi connectivity index (χ0n) is 15.7. The number of esters is 1. The van der Waals surface area contributed by atoms with Crippen LogP contribution in [-0.4, -0.2) is 48.1 Å². The highest BCUT2D eigenvalue weighted by molar-refractivity contribution is 6.00. The van der Waals surface area contributed by atoms with Crippen LogP contribution < -0.4 is 5.32 Å². The van der Waals surface area contributed by atoms with Crippen LogP contribution in [0, 0.1) is 0 Å². The lowest BCUT2D eigenvalue weighted by Gasteiger charge is -2.12. The number of hydrogen-bond donors (Lipinski definition) is 3. The monoisotopic (exact) mass is 388 g/mol. The van der Waals surface area contributed by atoms with Gasteiger partial charge in [-0.2, -0.15) is 0 Å². The summed E-state index contributed by atoms with van der Waals surface area (Å²) in [5.41, 5.74) is 0.720. The summed E-state index contributed by atoms with van der Waals surface area (Å²) in [4.78, 5) is 28.8. The standard InChI is InChI=1S/C20H24N2O6/c1-21-18(25)13-28-22-15-8-6-4-2-3-5-7-9-27-20(26)19-14(10-15)11-16(23)12-17(19)24/h3,5-6,8,11-12,23-24H,2,4,7,9-10,13H2,1H3,(H,21,25)/b5-3+,8-6+,22-15+. The predicted molar refractivity (Wildman–Crippen MR) is 103 cm³/mol. The molecule has 28 heavy (non-hydrogen) atoms. The van der Waals surface area contributed by atoms with Gasteiger partial charge in [0.2, 0.25) is 0 Å². The van der Waals surface area contributed by atoms with Crippen LogP contribution >= 0.6 is 0 Å². The Labute approximate surface area is 163 Å². The Hall–Kier alpha value is -3.29. The van der Waals surface area contributed by atoms with E-state index in [9.17, 15) is 19.8 Å². The second kappa shape index (κ2) is 10.8. The van der Waals surface area contributed by atoms with Crippen molar-refractivity contribution in [3.8, 4) is 11.5 Å². The molecule has 1 aliphatic rings. The second-order valence-electron chi connectivity index (χ2n) is 6.08. The largest absolute Gasteiger partial charge is 0.508 e. The van der Waals surface area contributed by atoms with Crippen LogP contribution in [-0.2, 0) is 20.8 Å². The highest BCUT2D eigenvalue weighted by Crippen LogP contribution is 2.29. The molecule has 0 spiro atoms. The average molecular weight is 388 g/mol. The third-order valence-corrected chi connectivity index (χ3v) is 3.91. The minimum atomic E-state index is -0.687. The number of carbonyl (C=O) groups is 2. The van der Waals surface area contributed by atoms with Crippen molar-refractivity contribution < 1.29 is 29.4 Å². The number of nitrogens with one attached hydrogen (secondary N) is 1. The lowest BCUT2D eigenvalue weighted by Crippen LogP contribution is -2.22. The van der Waals surface area contributed by atoms with Crippen LogP contribution in [0.15, 0.2) is 41.6 Å². The van der Waals surface area contributed by atoms with Gasteiger partial charge in [0.05, 0.1) is 12.3 Å². The zero-order chi connectivity index (χ0) is 20.4. The van der Waals surface area contributed by atoms with E-state index in [-0.39, 0.29) is 42.6 Å². The van der Waals surface area contributed by atoms with Gasteiger partial charge in [0.15, 0.2) is 6.61 Å². The number of phenolic OH excluding ortho intramolecular Hbond substituents is 2. The molecule has 150 valence electrons. The number of likely N-dealkylation sites (N-methyl/N-ethyl adjacent to an activating group) is 1. The normalized spacial score (nSPS) is 19.0. The first-order chi connectivity index (χ1) is 13.5. The number of ether oxygens (including phenoxy) is 1. The van der Waals surface area contributed by atoms with Gasteiger partial charge in [-0.15, -0.1) is 0 Å². The number of benzene rings is 1. The molecule has 1 heterocycles. The Morgan fingerprint density at radius 1 is 1.21 bits per heavy atom. The molecule has 1 amide bonds. The van der Waals surface area contributed by atoms with Crippen LogP contribution in [0.3, 0.4) is 0 Å². The summed E-state index contributed by atoms with van der Waals surface area (Å²) in [7, 11) is 1.49.